The van der Waals surface area contributed by atoms with Crippen molar-refractivity contribution in [2.75, 3.05) is 13.2 Å². The summed E-state index contributed by atoms with van der Waals surface area (Å²) in [5, 5.41) is 9.31. The molecule has 120 valence electrons. The van der Waals surface area contributed by atoms with Crippen molar-refractivity contribution in [1.82, 2.24) is 9.88 Å². The Balaban J connectivity index is 2.16. The summed E-state index contributed by atoms with van der Waals surface area (Å²) < 4.78 is 5.24. The highest BCUT2D eigenvalue weighted by atomic mass is 35.5. The number of hydrogen-bond donors (Lipinski definition) is 1. The molecule has 1 saturated carbocycles. The third-order valence-corrected chi connectivity index (χ3v) is 3.75. The van der Waals surface area contributed by atoms with Gasteiger partial charge in [0.05, 0.1) is 18.1 Å². The molecule has 1 aliphatic rings. The van der Waals surface area contributed by atoms with Crippen LogP contribution in [0.5, 0.6) is 5.88 Å². The molecule has 0 aromatic carbocycles. The maximum atomic E-state index is 12.6. The molecule has 1 aromatic rings. The van der Waals surface area contributed by atoms with Gasteiger partial charge in [0.15, 0.2) is 0 Å². The zero-order valence-corrected chi connectivity index (χ0v) is 13.3. The van der Waals surface area contributed by atoms with Gasteiger partial charge in [0.25, 0.3) is 5.91 Å². The Kier molecular flexibility index (Phi) is 5.24. The lowest BCUT2D eigenvalue weighted by Gasteiger charge is -2.24. The van der Waals surface area contributed by atoms with E-state index >= 15 is 0 Å². The van der Waals surface area contributed by atoms with Crippen molar-refractivity contribution < 1.29 is 19.4 Å². The number of ether oxygens (including phenoxy) is 1. The van der Waals surface area contributed by atoms with Gasteiger partial charge in [-0.3, -0.25) is 9.59 Å². The third kappa shape index (κ3) is 3.88. The van der Waals surface area contributed by atoms with E-state index in [1.165, 1.54) is 12.3 Å². The Labute approximate surface area is 134 Å². The minimum Gasteiger partial charge on any atom is -0.481 e. The molecule has 2 rings (SSSR count). The number of carbonyl (C=O) groups excluding carboxylic acids is 1. The van der Waals surface area contributed by atoms with E-state index in [1.807, 2.05) is 6.92 Å². The zero-order valence-electron chi connectivity index (χ0n) is 12.6. The van der Waals surface area contributed by atoms with Gasteiger partial charge in [0.2, 0.25) is 5.88 Å². The van der Waals surface area contributed by atoms with Crippen molar-refractivity contribution in [3.05, 3.63) is 22.8 Å². The standard InChI is InChI=1S/C15H19ClN2O4/c1-3-22-13-12(16)6-10(7-17-13)14(19)18(11-4-5-11)8-9(2)15(20)21/h6-7,9,11H,3-5,8H2,1-2H3,(H,20,21). The van der Waals surface area contributed by atoms with E-state index in [0.717, 1.165) is 12.8 Å². The molecule has 7 heteroatoms. The van der Waals surface area contributed by atoms with Crippen LogP contribution in [-0.4, -0.2) is 46.1 Å². The number of carboxylic acid groups (broad SMARTS) is 1. The Morgan fingerprint density at radius 1 is 1.55 bits per heavy atom. The first-order valence-electron chi connectivity index (χ1n) is 7.26. The molecule has 6 nitrogen and oxygen atoms in total. The van der Waals surface area contributed by atoms with Crippen LogP contribution in [0.15, 0.2) is 12.3 Å². The zero-order chi connectivity index (χ0) is 16.3. The first kappa shape index (κ1) is 16.5. The van der Waals surface area contributed by atoms with Crippen molar-refractivity contribution in [3.8, 4) is 5.88 Å². The highest BCUT2D eigenvalue weighted by Crippen LogP contribution is 2.30. The fourth-order valence-electron chi connectivity index (χ4n) is 2.11. The Bertz CT molecular complexity index is 575. The Morgan fingerprint density at radius 2 is 2.23 bits per heavy atom. The molecule has 1 N–H and O–H groups in total. The van der Waals surface area contributed by atoms with Gasteiger partial charge in [0.1, 0.15) is 5.02 Å². The average molecular weight is 327 g/mol. The molecule has 1 aromatic heterocycles. The second-order valence-electron chi connectivity index (χ2n) is 5.37. The van der Waals surface area contributed by atoms with Crippen molar-refractivity contribution in [2.24, 2.45) is 5.92 Å². The Hall–Kier alpha value is -1.82. The number of nitrogens with zero attached hydrogens (tertiary/aromatic N) is 2. The predicted octanol–water partition coefficient (Wildman–Crippen LogP) is 2.46. The van der Waals surface area contributed by atoms with Gasteiger partial charge >= 0.3 is 5.97 Å². The molecule has 0 spiro atoms. The second kappa shape index (κ2) is 6.96. The van der Waals surface area contributed by atoms with Crippen LogP contribution < -0.4 is 4.74 Å². The first-order chi connectivity index (χ1) is 10.4. The minimum absolute atomic E-state index is 0.111. The second-order valence-corrected chi connectivity index (χ2v) is 5.78. The number of halogens is 1. The molecule has 1 fully saturated rings. The highest BCUT2D eigenvalue weighted by molar-refractivity contribution is 6.32. The third-order valence-electron chi connectivity index (χ3n) is 3.48. The minimum atomic E-state index is -0.915. The number of rotatable bonds is 7. The number of pyridine rings is 1. The number of hydrogen-bond acceptors (Lipinski definition) is 4. The van der Waals surface area contributed by atoms with E-state index in [-0.39, 0.29) is 29.4 Å². The number of aromatic nitrogens is 1. The molecule has 0 aliphatic heterocycles. The van der Waals surface area contributed by atoms with Gasteiger partial charge in [-0.05, 0) is 25.8 Å². The maximum absolute atomic E-state index is 12.6. The van der Waals surface area contributed by atoms with Crippen LogP contribution in [0.4, 0.5) is 0 Å². The molecule has 22 heavy (non-hydrogen) atoms. The van der Waals surface area contributed by atoms with E-state index in [0.29, 0.717) is 12.2 Å². The molecule has 1 atom stereocenters. The molecule has 1 heterocycles. The SMILES string of the molecule is CCOc1ncc(C(=O)N(CC(C)C(=O)O)C2CC2)cc1Cl. The maximum Gasteiger partial charge on any atom is 0.308 e. The van der Waals surface area contributed by atoms with Crippen LogP contribution in [0.25, 0.3) is 0 Å². The van der Waals surface area contributed by atoms with Gasteiger partial charge in [0, 0.05) is 18.8 Å². The van der Waals surface area contributed by atoms with E-state index in [1.54, 1.807) is 11.8 Å². The lowest BCUT2D eigenvalue weighted by atomic mass is 10.1. The van der Waals surface area contributed by atoms with Crippen LogP contribution in [0, 0.1) is 5.92 Å². The molecule has 0 saturated heterocycles. The fourth-order valence-corrected chi connectivity index (χ4v) is 2.33. The quantitative estimate of drug-likeness (QED) is 0.832. The normalized spacial score (nSPS) is 15.2. The van der Waals surface area contributed by atoms with Crippen LogP contribution >= 0.6 is 11.6 Å². The summed E-state index contributed by atoms with van der Waals surface area (Å²) in [6.07, 6.45) is 3.21. The van der Waals surface area contributed by atoms with Crippen molar-refractivity contribution in [3.63, 3.8) is 0 Å². The largest absolute Gasteiger partial charge is 0.481 e. The summed E-state index contributed by atoms with van der Waals surface area (Å²) >= 11 is 6.06. The van der Waals surface area contributed by atoms with Crippen molar-refractivity contribution >= 4 is 23.5 Å². The summed E-state index contributed by atoms with van der Waals surface area (Å²) in [5.41, 5.74) is 0.345. The summed E-state index contributed by atoms with van der Waals surface area (Å²) in [6.45, 7) is 4.03. The molecule has 1 unspecified atom stereocenters. The van der Waals surface area contributed by atoms with Crippen molar-refractivity contribution in [2.45, 2.75) is 32.7 Å². The van der Waals surface area contributed by atoms with Crippen LogP contribution in [0.1, 0.15) is 37.0 Å². The van der Waals surface area contributed by atoms with Gasteiger partial charge in [-0.15, -0.1) is 0 Å². The summed E-state index contributed by atoms with van der Waals surface area (Å²) in [4.78, 5) is 29.3. The molecular formula is C15H19ClN2O4. The predicted molar refractivity (Wildman–Crippen MR) is 81.3 cm³/mol. The lowest BCUT2D eigenvalue weighted by Crippen LogP contribution is -2.38. The molecule has 0 radical (unpaired) electrons. The topological polar surface area (TPSA) is 79.7 Å². The van der Waals surface area contributed by atoms with Gasteiger partial charge in [-0.25, -0.2) is 4.98 Å². The molecule has 1 amide bonds. The average Bonchev–Trinajstić information content (AvgIpc) is 3.30. The molecular weight excluding hydrogens is 308 g/mol. The highest BCUT2D eigenvalue weighted by Gasteiger charge is 2.35. The summed E-state index contributed by atoms with van der Waals surface area (Å²) in [6, 6.07) is 1.63. The van der Waals surface area contributed by atoms with Crippen molar-refractivity contribution in [1.29, 1.82) is 0 Å². The first-order valence-corrected chi connectivity index (χ1v) is 7.64. The van der Waals surface area contributed by atoms with E-state index in [4.69, 9.17) is 21.4 Å². The van der Waals surface area contributed by atoms with E-state index in [2.05, 4.69) is 4.98 Å². The van der Waals surface area contributed by atoms with Crippen LogP contribution in [-0.2, 0) is 4.79 Å². The Morgan fingerprint density at radius 3 is 2.73 bits per heavy atom. The monoisotopic (exact) mass is 326 g/mol. The lowest BCUT2D eigenvalue weighted by molar-refractivity contribution is -0.141. The van der Waals surface area contributed by atoms with Crippen LogP contribution in [0.3, 0.4) is 0 Å². The number of aliphatic carboxylic acids is 1. The van der Waals surface area contributed by atoms with Gasteiger partial charge in [-0.2, -0.15) is 0 Å². The van der Waals surface area contributed by atoms with Gasteiger partial charge in [-0.1, -0.05) is 18.5 Å². The summed E-state index contributed by atoms with van der Waals surface area (Å²) in [5.74, 6) is -1.48. The smallest absolute Gasteiger partial charge is 0.308 e. The molecule has 1 aliphatic carbocycles. The van der Waals surface area contributed by atoms with Crippen LogP contribution in [0.2, 0.25) is 5.02 Å². The van der Waals surface area contributed by atoms with Gasteiger partial charge < -0.3 is 14.7 Å². The summed E-state index contributed by atoms with van der Waals surface area (Å²) in [7, 11) is 0. The number of carbonyl (C=O) groups is 2. The van der Waals surface area contributed by atoms with E-state index < -0.39 is 11.9 Å². The number of amides is 1. The van der Waals surface area contributed by atoms with E-state index in [9.17, 15) is 9.59 Å². The molecule has 0 bridgehead atoms. The number of carboxylic acids is 1. The fraction of sp³-hybridized carbons (Fsp3) is 0.533.